The number of carbonyl (C=O) groups excluding carboxylic acids is 3. The molecular formula is C48H43F7N8O4S. The topological polar surface area (TPSA) is 135 Å². The Bertz CT molecular complexity index is 3010. The van der Waals surface area contributed by atoms with Crippen molar-refractivity contribution < 1.29 is 49.9 Å². The summed E-state index contributed by atoms with van der Waals surface area (Å²) in [5.74, 6) is -10.00. The Morgan fingerprint density at radius 2 is 1.62 bits per heavy atom. The van der Waals surface area contributed by atoms with E-state index in [0.717, 1.165) is 28.9 Å². The maximum Gasteiger partial charge on any atom is 0.435 e. The van der Waals surface area contributed by atoms with Crippen molar-refractivity contribution >= 4 is 45.3 Å². The fraction of sp³-hybridized carbons (Fsp3) is 0.375. The standard InChI is InChI=1S/C48H43F7N8O4S/c1-23-36-37-40(48(53,54)55)60-63(41(37)47(51,52)38(23)36)22-35(64)57-33(17-24-15-28(49)19-29(50)16-24)39-31(26-5-6-27-21-56-43(65)32(27)18-26)20-34-42(58-39)59-44(68-34)25-7-9-30(10-8-25)61-11-13-62(14-12-61)45(66)67-46(2,3)4/h5-10,15-16,18-20,23,33,36,38H,11-14,17,21-22H2,1-4H3,(H,56,65)(H,57,64)/t23-,33+,36-,38-/m1/s1. The van der Waals surface area contributed by atoms with Gasteiger partial charge in [-0.25, -0.2) is 23.5 Å². The summed E-state index contributed by atoms with van der Waals surface area (Å²) in [4.78, 5) is 53.3. The first kappa shape index (κ1) is 45.2. The number of hydrogen-bond donors (Lipinski definition) is 2. The summed E-state index contributed by atoms with van der Waals surface area (Å²) in [7, 11) is 0. The first-order valence-electron chi connectivity index (χ1n) is 22.0. The maximum atomic E-state index is 15.8. The van der Waals surface area contributed by atoms with Crippen molar-refractivity contribution in [3.05, 3.63) is 118 Å². The second kappa shape index (κ2) is 16.3. The smallest absolute Gasteiger partial charge is 0.435 e. The Morgan fingerprint density at radius 3 is 2.29 bits per heavy atom. The van der Waals surface area contributed by atoms with Gasteiger partial charge < -0.3 is 25.2 Å². The van der Waals surface area contributed by atoms with Crippen LogP contribution in [0.5, 0.6) is 0 Å². The van der Waals surface area contributed by atoms with E-state index in [-0.39, 0.29) is 35.3 Å². The molecule has 12 nitrogen and oxygen atoms in total. The van der Waals surface area contributed by atoms with E-state index < -0.39 is 82.5 Å². The molecule has 0 bridgehead atoms. The van der Waals surface area contributed by atoms with E-state index in [2.05, 4.69) is 20.6 Å². The number of pyridine rings is 1. The number of carbonyl (C=O) groups is 3. The molecule has 6 aromatic rings. The molecule has 0 radical (unpaired) electrons. The van der Waals surface area contributed by atoms with Crippen LogP contribution in [-0.2, 0) is 41.1 Å². The Labute approximate surface area is 388 Å². The van der Waals surface area contributed by atoms with E-state index in [0.29, 0.717) is 69.9 Å². The summed E-state index contributed by atoms with van der Waals surface area (Å²) < 4.78 is 110. The van der Waals surface area contributed by atoms with Crippen molar-refractivity contribution in [3.8, 4) is 21.7 Å². The molecule has 1 saturated carbocycles. The molecule has 20 heteroatoms. The molecule has 4 atom stereocenters. The number of hydrogen-bond acceptors (Lipinski definition) is 9. The number of nitrogens with one attached hydrogen (secondary N) is 2. The van der Waals surface area contributed by atoms with E-state index in [1.807, 2.05) is 45.0 Å². The Kier molecular flexibility index (Phi) is 10.8. The predicted octanol–water partition coefficient (Wildman–Crippen LogP) is 9.37. The summed E-state index contributed by atoms with van der Waals surface area (Å²) in [6.07, 6.45) is -5.75. The average molecular weight is 961 g/mol. The quantitative estimate of drug-likeness (QED) is 0.137. The van der Waals surface area contributed by atoms with E-state index in [1.54, 1.807) is 29.2 Å². The third-order valence-electron chi connectivity index (χ3n) is 13.0. The molecule has 3 amide bonds. The number of amides is 3. The fourth-order valence-electron chi connectivity index (χ4n) is 9.81. The van der Waals surface area contributed by atoms with Gasteiger partial charge in [0.25, 0.3) is 11.8 Å². The molecule has 68 heavy (non-hydrogen) atoms. The first-order chi connectivity index (χ1) is 32.1. The fourth-order valence-corrected chi connectivity index (χ4v) is 10.8. The molecule has 0 unspecified atom stereocenters. The largest absolute Gasteiger partial charge is 0.444 e. The molecule has 3 aromatic heterocycles. The lowest BCUT2D eigenvalue weighted by atomic mass is 9.93. The number of thiazole rings is 1. The summed E-state index contributed by atoms with van der Waals surface area (Å²) in [6, 6.07) is 16.1. The zero-order chi connectivity index (χ0) is 48.2. The zero-order valence-corrected chi connectivity index (χ0v) is 37.8. The van der Waals surface area contributed by atoms with Gasteiger partial charge in [0.15, 0.2) is 11.3 Å². The van der Waals surface area contributed by atoms with Crippen LogP contribution in [0.3, 0.4) is 0 Å². The van der Waals surface area contributed by atoms with Crippen molar-refractivity contribution in [3.63, 3.8) is 0 Å². The molecule has 4 aliphatic rings. The van der Waals surface area contributed by atoms with Crippen LogP contribution in [0.15, 0.2) is 66.7 Å². The second-order valence-corrected chi connectivity index (χ2v) is 19.8. The van der Waals surface area contributed by atoms with Crippen molar-refractivity contribution in [2.24, 2.45) is 11.8 Å². The van der Waals surface area contributed by atoms with E-state index in [9.17, 15) is 36.3 Å². The van der Waals surface area contributed by atoms with E-state index in [1.165, 1.54) is 18.3 Å². The van der Waals surface area contributed by atoms with Gasteiger partial charge in [0.2, 0.25) is 5.91 Å². The van der Waals surface area contributed by atoms with Crippen LogP contribution in [0.25, 0.3) is 32.0 Å². The van der Waals surface area contributed by atoms with Gasteiger partial charge in [0, 0.05) is 78.6 Å². The van der Waals surface area contributed by atoms with Gasteiger partial charge in [-0.2, -0.15) is 27.1 Å². The number of rotatable bonds is 9. The highest BCUT2D eigenvalue weighted by molar-refractivity contribution is 7.21. The monoisotopic (exact) mass is 960 g/mol. The number of aromatic nitrogens is 4. The number of alkyl halides is 5. The van der Waals surface area contributed by atoms with E-state index in [4.69, 9.17) is 14.7 Å². The lowest BCUT2D eigenvalue weighted by Crippen LogP contribution is -2.50. The number of anilines is 1. The van der Waals surface area contributed by atoms with Gasteiger partial charge in [-0.05, 0) is 98.3 Å². The average Bonchev–Trinajstić information content (AvgIpc) is 3.63. The number of ether oxygens (including phenoxy) is 1. The minimum atomic E-state index is -5.07. The number of benzene rings is 3. The van der Waals surface area contributed by atoms with Crippen molar-refractivity contribution in [2.75, 3.05) is 31.1 Å². The highest BCUT2D eigenvalue weighted by atomic mass is 32.1. The number of halogens is 7. The molecule has 2 aliphatic heterocycles. The Morgan fingerprint density at radius 1 is 0.926 bits per heavy atom. The molecule has 0 spiro atoms. The summed E-state index contributed by atoms with van der Waals surface area (Å²) in [6.45, 7) is 8.31. The van der Waals surface area contributed by atoms with Crippen LogP contribution in [0.4, 0.5) is 41.2 Å². The maximum absolute atomic E-state index is 15.8. The van der Waals surface area contributed by atoms with Crippen LogP contribution >= 0.6 is 11.3 Å². The summed E-state index contributed by atoms with van der Waals surface area (Å²) >= 11 is 1.31. The molecular weight excluding hydrogens is 918 g/mol. The van der Waals surface area contributed by atoms with Crippen molar-refractivity contribution in [1.29, 1.82) is 0 Å². The lowest BCUT2D eigenvalue weighted by molar-refractivity contribution is -0.142. The first-order valence-corrected chi connectivity index (χ1v) is 22.8. The van der Waals surface area contributed by atoms with Crippen LogP contribution in [0, 0.1) is 23.5 Å². The van der Waals surface area contributed by atoms with Gasteiger partial charge in [0.1, 0.15) is 34.5 Å². The van der Waals surface area contributed by atoms with Gasteiger partial charge in [-0.1, -0.05) is 19.1 Å². The summed E-state index contributed by atoms with van der Waals surface area (Å²) in [5.41, 5.74) is 0.433. The highest BCUT2D eigenvalue weighted by Crippen LogP contribution is 2.71. The molecule has 2 fully saturated rings. The number of piperazine rings is 1. The van der Waals surface area contributed by atoms with Crippen LogP contribution < -0.4 is 15.5 Å². The van der Waals surface area contributed by atoms with Gasteiger partial charge in [-0.15, -0.1) is 11.3 Å². The van der Waals surface area contributed by atoms with Crippen LogP contribution in [-0.4, -0.2) is 74.3 Å². The molecule has 1 saturated heterocycles. The van der Waals surface area contributed by atoms with Crippen molar-refractivity contribution in [2.45, 2.75) is 76.9 Å². The predicted molar refractivity (Wildman–Crippen MR) is 237 cm³/mol. The minimum absolute atomic E-state index is 0.0687. The van der Waals surface area contributed by atoms with Gasteiger partial charge in [0.05, 0.1) is 16.4 Å². The zero-order valence-electron chi connectivity index (χ0n) is 37.0. The normalized spacial score (nSPS) is 19.9. The SMILES string of the molecule is C[C@@H]1[C@@H]2c3c(C(F)(F)F)nn(CC(=O)N[C@@H](Cc4cc(F)cc(F)c4)c4nc5nc(-c6ccc(N7CCN(C(=O)OC(C)(C)C)CC7)cc6)sc5cc4-c4ccc5c(c4)C(=O)NC5)c3C(F)(F)[C@H]12. The van der Waals surface area contributed by atoms with Crippen LogP contribution in [0.1, 0.15) is 83.8 Å². The number of fused-ring (bicyclic) bond motifs is 5. The van der Waals surface area contributed by atoms with Gasteiger partial charge >= 0.3 is 12.3 Å². The minimum Gasteiger partial charge on any atom is -0.444 e. The molecule has 354 valence electrons. The summed E-state index contributed by atoms with van der Waals surface area (Å²) in [5, 5.41) is 9.61. The molecule has 2 aliphatic carbocycles. The van der Waals surface area contributed by atoms with Crippen molar-refractivity contribution in [1.82, 2.24) is 35.3 Å². The molecule has 5 heterocycles. The Hall–Kier alpha value is -6.57. The lowest BCUT2D eigenvalue weighted by Gasteiger charge is -2.36. The third-order valence-corrected chi connectivity index (χ3v) is 14.0. The number of nitrogens with zero attached hydrogens (tertiary/aromatic N) is 6. The Balaban J connectivity index is 1.01. The van der Waals surface area contributed by atoms with Gasteiger partial charge in [-0.3, -0.25) is 14.3 Å². The third kappa shape index (κ3) is 8.29. The highest BCUT2D eigenvalue weighted by Gasteiger charge is 2.72. The second-order valence-electron chi connectivity index (χ2n) is 18.7. The molecule has 2 N–H and O–H groups in total. The van der Waals surface area contributed by atoms with E-state index >= 15 is 8.78 Å². The molecule has 10 rings (SSSR count). The van der Waals surface area contributed by atoms with Crippen LogP contribution in [0.2, 0.25) is 0 Å². The molecule has 3 aromatic carbocycles.